The highest BCUT2D eigenvalue weighted by Gasteiger charge is 2.30. The number of aromatic nitrogens is 2. The molecule has 1 saturated heterocycles. The molecule has 0 bridgehead atoms. The number of ether oxygens (including phenoxy) is 2. The smallest absolute Gasteiger partial charge is 0.409 e. The zero-order valence-corrected chi connectivity index (χ0v) is 23.8. The van der Waals surface area contributed by atoms with E-state index in [-0.39, 0.29) is 24.6 Å². The van der Waals surface area contributed by atoms with Crippen LogP contribution in [0.15, 0.2) is 37.3 Å². The third kappa shape index (κ3) is 7.36. The number of methoxy groups -OCH3 is 1. The summed E-state index contributed by atoms with van der Waals surface area (Å²) < 4.78 is 12.3. The Bertz CT molecular complexity index is 1110. The topological polar surface area (TPSA) is 88.9 Å². The lowest BCUT2D eigenvalue weighted by atomic mass is 9.88. The molecule has 2 atom stereocenters. The van der Waals surface area contributed by atoms with Gasteiger partial charge in [0.1, 0.15) is 6.61 Å². The number of rotatable bonds is 11. The van der Waals surface area contributed by atoms with Crippen LogP contribution >= 0.6 is 11.6 Å². The lowest BCUT2D eigenvalue weighted by Crippen LogP contribution is -2.50. The van der Waals surface area contributed by atoms with Gasteiger partial charge in [-0.3, -0.25) is 9.69 Å². The molecule has 3 rings (SSSR count). The number of nitrogens with one attached hydrogen (secondary N) is 1. The Morgan fingerprint density at radius 3 is 2.50 bits per heavy atom. The van der Waals surface area contributed by atoms with Gasteiger partial charge in [-0.2, -0.15) is 0 Å². The number of carbonyl (C=O) groups excluding carboxylic acids is 2. The number of piperazine rings is 1. The molecule has 208 valence electrons. The molecule has 38 heavy (non-hydrogen) atoms. The fourth-order valence-electron chi connectivity index (χ4n) is 4.79. The van der Waals surface area contributed by atoms with Gasteiger partial charge in [-0.1, -0.05) is 45.0 Å². The van der Waals surface area contributed by atoms with E-state index in [9.17, 15) is 9.59 Å². The second-order valence-corrected chi connectivity index (χ2v) is 10.5. The SMILES string of the molecule is C=C(c1cc(Cl)ccc1[C@@H](CC)N1CCN(C(=O)OCC(C)C)CC1)[C@@H](NC(=O)COC)c1cncn1C. The first-order chi connectivity index (χ1) is 18.2. The van der Waals surface area contributed by atoms with Gasteiger partial charge in [0.15, 0.2) is 0 Å². The molecule has 0 aliphatic carbocycles. The lowest BCUT2D eigenvalue weighted by molar-refractivity contribution is -0.125. The van der Waals surface area contributed by atoms with E-state index < -0.39 is 6.04 Å². The molecule has 1 aromatic carbocycles. The molecular formula is C28H40ClN5O4. The average molecular weight is 546 g/mol. The van der Waals surface area contributed by atoms with Crippen LogP contribution in [0.25, 0.3) is 5.57 Å². The van der Waals surface area contributed by atoms with Gasteiger partial charge in [-0.15, -0.1) is 0 Å². The van der Waals surface area contributed by atoms with Crippen molar-refractivity contribution in [2.24, 2.45) is 13.0 Å². The number of hydrogen-bond donors (Lipinski definition) is 1. The molecule has 1 fully saturated rings. The zero-order chi connectivity index (χ0) is 27.8. The van der Waals surface area contributed by atoms with Crippen molar-refractivity contribution < 1.29 is 19.1 Å². The third-order valence-electron chi connectivity index (χ3n) is 6.74. The van der Waals surface area contributed by atoms with E-state index in [1.807, 2.05) is 43.7 Å². The first-order valence-electron chi connectivity index (χ1n) is 13.0. The van der Waals surface area contributed by atoms with E-state index in [1.165, 1.54) is 7.11 Å². The summed E-state index contributed by atoms with van der Waals surface area (Å²) in [6, 6.07) is 5.39. The van der Waals surface area contributed by atoms with Crippen LogP contribution in [-0.2, 0) is 21.3 Å². The maximum atomic E-state index is 12.6. The first-order valence-corrected chi connectivity index (χ1v) is 13.4. The Hall–Kier alpha value is -2.88. The van der Waals surface area contributed by atoms with E-state index in [1.54, 1.807) is 17.4 Å². The van der Waals surface area contributed by atoms with Crippen LogP contribution in [0.1, 0.15) is 56.1 Å². The number of hydrogen-bond acceptors (Lipinski definition) is 6. The van der Waals surface area contributed by atoms with Crippen molar-refractivity contribution in [1.82, 2.24) is 24.7 Å². The van der Waals surface area contributed by atoms with Crippen LogP contribution in [0.5, 0.6) is 0 Å². The van der Waals surface area contributed by atoms with Crippen molar-refractivity contribution in [2.75, 3.05) is 46.5 Å². The van der Waals surface area contributed by atoms with E-state index in [0.29, 0.717) is 36.2 Å². The highest BCUT2D eigenvalue weighted by Crippen LogP contribution is 2.37. The van der Waals surface area contributed by atoms with Gasteiger partial charge in [0, 0.05) is 51.4 Å². The molecule has 1 aromatic heterocycles. The lowest BCUT2D eigenvalue weighted by Gasteiger charge is -2.39. The van der Waals surface area contributed by atoms with Crippen LogP contribution in [0.3, 0.4) is 0 Å². The summed E-state index contributed by atoms with van der Waals surface area (Å²) in [5, 5.41) is 3.63. The second kappa shape index (κ2) is 13.8. The molecule has 0 spiro atoms. The van der Waals surface area contributed by atoms with Crippen LogP contribution in [-0.4, -0.2) is 77.9 Å². The number of nitrogens with zero attached hydrogens (tertiary/aromatic N) is 4. The van der Waals surface area contributed by atoms with E-state index in [2.05, 4.69) is 28.7 Å². The Balaban J connectivity index is 1.86. The molecular weight excluding hydrogens is 506 g/mol. The molecule has 9 nitrogen and oxygen atoms in total. The highest BCUT2D eigenvalue weighted by molar-refractivity contribution is 6.30. The van der Waals surface area contributed by atoms with Crippen molar-refractivity contribution in [3.63, 3.8) is 0 Å². The van der Waals surface area contributed by atoms with Gasteiger partial charge >= 0.3 is 6.09 Å². The molecule has 1 aliphatic heterocycles. The van der Waals surface area contributed by atoms with Gasteiger partial charge in [-0.25, -0.2) is 9.78 Å². The Morgan fingerprint density at radius 2 is 1.92 bits per heavy atom. The fraction of sp³-hybridized carbons (Fsp3) is 0.536. The van der Waals surface area contributed by atoms with E-state index in [4.69, 9.17) is 21.1 Å². The average Bonchev–Trinajstić information content (AvgIpc) is 3.32. The third-order valence-corrected chi connectivity index (χ3v) is 6.97. The van der Waals surface area contributed by atoms with Gasteiger partial charge < -0.3 is 24.3 Å². The van der Waals surface area contributed by atoms with Gasteiger partial charge in [-0.05, 0) is 41.2 Å². The van der Waals surface area contributed by atoms with E-state index in [0.717, 1.165) is 36.3 Å². The van der Waals surface area contributed by atoms with Gasteiger partial charge in [0.2, 0.25) is 5.91 Å². The van der Waals surface area contributed by atoms with Crippen LogP contribution in [0.4, 0.5) is 4.79 Å². The number of amides is 2. The van der Waals surface area contributed by atoms with Crippen LogP contribution in [0, 0.1) is 5.92 Å². The molecule has 0 saturated carbocycles. The summed E-state index contributed by atoms with van der Waals surface area (Å²) in [4.78, 5) is 33.4. The van der Waals surface area contributed by atoms with Gasteiger partial charge in [0.25, 0.3) is 0 Å². The molecule has 1 N–H and O–H groups in total. The summed E-state index contributed by atoms with van der Waals surface area (Å²) in [6.07, 6.45) is 4.02. The maximum Gasteiger partial charge on any atom is 0.409 e. The minimum atomic E-state index is -0.521. The van der Waals surface area contributed by atoms with Crippen molar-refractivity contribution in [1.29, 1.82) is 0 Å². The quantitative estimate of drug-likeness (QED) is 0.449. The van der Waals surface area contributed by atoms with Crippen molar-refractivity contribution >= 4 is 29.2 Å². The summed E-state index contributed by atoms with van der Waals surface area (Å²) in [6.45, 7) is 13.6. The normalized spacial score (nSPS) is 15.8. The van der Waals surface area contributed by atoms with Crippen LogP contribution < -0.4 is 5.32 Å². The zero-order valence-electron chi connectivity index (χ0n) is 23.1. The van der Waals surface area contributed by atoms with Crippen LogP contribution in [0.2, 0.25) is 5.02 Å². The molecule has 2 aromatic rings. The Labute approximate surface area is 230 Å². The predicted octanol–water partition coefficient (Wildman–Crippen LogP) is 4.45. The number of aryl methyl sites for hydroxylation is 1. The molecule has 2 amide bonds. The van der Waals surface area contributed by atoms with Crippen molar-refractivity contribution in [2.45, 2.75) is 39.3 Å². The summed E-state index contributed by atoms with van der Waals surface area (Å²) in [5.74, 6) is 0.0477. The molecule has 1 aliphatic rings. The standard InChI is InChI=1S/C28H40ClN5O4/c1-7-24(33-10-12-34(13-11-33)28(36)38-16-19(2)3)22-9-8-21(29)14-23(22)20(4)27(31-26(35)17-37-6)25-15-30-18-32(25)5/h8-9,14-15,18-19,24,27H,4,7,10-13,16-17H2,1-3,5-6H3,(H,31,35)/t24-,27-/m1/s1. The summed E-state index contributed by atoms with van der Waals surface area (Å²) in [5.41, 5.74) is 3.47. The number of benzene rings is 1. The summed E-state index contributed by atoms with van der Waals surface area (Å²) >= 11 is 6.48. The second-order valence-electron chi connectivity index (χ2n) is 10.0. The maximum absolute atomic E-state index is 12.6. The number of halogens is 1. The van der Waals surface area contributed by atoms with Crippen molar-refractivity contribution in [3.05, 3.63) is 59.1 Å². The number of imidazole rings is 1. The van der Waals surface area contributed by atoms with Crippen molar-refractivity contribution in [3.8, 4) is 0 Å². The molecule has 0 unspecified atom stereocenters. The first kappa shape index (κ1) is 29.7. The Morgan fingerprint density at radius 1 is 1.21 bits per heavy atom. The van der Waals surface area contributed by atoms with Gasteiger partial charge in [0.05, 0.1) is 30.9 Å². The molecule has 10 heteroatoms. The molecule has 0 radical (unpaired) electrons. The fourth-order valence-corrected chi connectivity index (χ4v) is 4.96. The minimum absolute atomic E-state index is 0.0640. The van der Waals surface area contributed by atoms with E-state index >= 15 is 0 Å². The minimum Gasteiger partial charge on any atom is -0.449 e. The molecule has 2 heterocycles. The summed E-state index contributed by atoms with van der Waals surface area (Å²) in [7, 11) is 3.36. The predicted molar refractivity (Wildman–Crippen MR) is 149 cm³/mol. The highest BCUT2D eigenvalue weighted by atomic mass is 35.5. The Kier molecular flexibility index (Phi) is 10.8. The number of carbonyl (C=O) groups is 2. The monoisotopic (exact) mass is 545 g/mol. The largest absolute Gasteiger partial charge is 0.449 e.